The Morgan fingerprint density at radius 1 is 0.850 bits per heavy atom. The molecule has 1 aromatic carbocycles. The van der Waals surface area contributed by atoms with Crippen molar-refractivity contribution >= 4 is 5.69 Å². The van der Waals surface area contributed by atoms with Gasteiger partial charge in [0.1, 0.15) is 0 Å². The number of nitrogen functional groups attached to an aromatic ring is 1. The van der Waals surface area contributed by atoms with Crippen molar-refractivity contribution in [3.05, 3.63) is 24.3 Å². The Labute approximate surface area is 116 Å². The summed E-state index contributed by atoms with van der Waals surface area (Å²) in [6.45, 7) is 0. The van der Waals surface area contributed by atoms with E-state index in [1.165, 1.54) is 21.3 Å². The second-order valence-corrected chi connectivity index (χ2v) is 3.75. The summed E-state index contributed by atoms with van der Waals surface area (Å²) in [7, 11) is 4.52. The van der Waals surface area contributed by atoms with Gasteiger partial charge in [-0.1, -0.05) is 0 Å². The van der Waals surface area contributed by atoms with Gasteiger partial charge >= 0.3 is 6.01 Å². The summed E-state index contributed by atoms with van der Waals surface area (Å²) < 4.78 is 20.9. The van der Waals surface area contributed by atoms with Crippen LogP contribution in [0.25, 0.3) is 0 Å². The molecule has 20 heavy (non-hydrogen) atoms. The molecule has 1 aromatic heterocycles. The van der Waals surface area contributed by atoms with E-state index in [1.54, 1.807) is 24.3 Å². The minimum atomic E-state index is 0.0742. The summed E-state index contributed by atoms with van der Waals surface area (Å²) >= 11 is 0. The topological polar surface area (TPSA) is 88.7 Å². The van der Waals surface area contributed by atoms with E-state index in [-0.39, 0.29) is 6.01 Å². The summed E-state index contributed by atoms with van der Waals surface area (Å²) in [6, 6.07) is 6.64. The van der Waals surface area contributed by atoms with Crippen molar-refractivity contribution in [2.45, 2.75) is 0 Å². The molecular formula is C13H15N3O4. The Bertz CT molecular complexity index is 582. The summed E-state index contributed by atoms with van der Waals surface area (Å²) in [5, 5.41) is 0. The highest BCUT2D eigenvalue weighted by atomic mass is 16.5. The lowest BCUT2D eigenvalue weighted by Gasteiger charge is -2.11. The van der Waals surface area contributed by atoms with E-state index in [2.05, 4.69) is 9.97 Å². The average Bonchev–Trinajstić information content (AvgIpc) is 2.47. The summed E-state index contributed by atoms with van der Waals surface area (Å²) in [4.78, 5) is 8.14. The lowest BCUT2D eigenvalue weighted by Crippen LogP contribution is -1.99. The number of nitrogens with zero attached hydrogens (tertiary/aromatic N) is 2. The van der Waals surface area contributed by atoms with Crippen LogP contribution in [0.1, 0.15) is 0 Å². The molecule has 0 saturated carbocycles. The smallest absolute Gasteiger partial charge is 0.328 e. The Morgan fingerprint density at radius 3 is 2.05 bits per heavy atom. The second-order valence-electron chi connectivity index (χ2n) is 3.75. The first-order valence-electron chi connectivity index (χ1n) is 5.74. The number of nitrogens with two attached hydrogens (primary N) is 1. The van der Waals surface area contributed by atoms with Crippen LogP contribution in [-0.4, -0.2) is 31.3 Å². The Morgan fingerprint density at radius 2 is 1.50 bits per heavy atom. The third-order valence-corrected chi connectivity index (χ3v) is 2.47. The molecule has 0 unspecified atom stereocenters. The van der Waals surface area contributed by atoms with Gasteiger partial charge in [-0.25, -0.2) is 0 Å². The predicted octanol–water partition coefficient (Wildman–Crippen LogP) is 1.88. The van der Waals surface area contributed by atoms with Crippen LogP contribution in [0.3, 0.4) is 0 Å². The third kappa shape index (κ3) is 3.00. The molecule has 0 aliphatic carbocycles. The largest absolute Gasteiger partial charge is 0.493 e. The molecular weight excluding hydrogens is 262 g/mol. The van der Waals surface area contributed by atoms with E-state index in [4.69, 9.17) is 24.7 Å². The van der Waals surface area contributed by atoms with Crippen LogP contribution in [-0.2, 0) is 0 Å². The van der Waals surface area contributed by atoms with Gasteiger partial charge in [0.05, 0.1) is 27.4 Å². The van der Waals surface area contributed by atoms with Gasteiger partial charge in [0, 0.05) is 11.8 Å². The number of ether oxygens (including phenoxy) is 4. The summed E-state index contributed by atoms with van der Waals surface area (Å²) in [5.41, 5.74) is 6.26. The highest BCUT2D eigenvalue weighted by molar-refractivity contribution is 5.52. The number of methoxy groups -OCH3 is 3. The van der Waals surface area contributed by atoms with Crippen LogP contribution < -0.4 is 24.7 Å². The standard InChI is InChI=1S/C13H15N3O4/c1-17-9-5-4-8(14)6-10(9)20-13-15-11(18-2)7-12(16-13)19-3/h4-7H,14H2,1-3H3. The van der Waals surface area contributed by atoms with E-state index < -0.39 is 0 Å². The number of hydrogen-bond donors (Lipinski definition) is 1. The maximum Gasteiger partial charge on any atom is 0.328 e. The van der Waals surface area contributed by atoms with Crippen molar-refractivity contribution in [3.8, 4) is 29.3 Å². The molecule has 0 aliphatic rings. The number of anilines is 1. The van der Waals surface area contributed by atoms with Gasteiger partial charge in [-0.2, -0.15) is 9.97 Å². The van der Waals surface area contributed by atoms with Crippen LogP contribution in [0.4, 0.5) is 5.69 Å². The van der Waals surface area contributed by atoms with Crippen LogP contribution in [0.15, 0.2) is 24.3 Å². The van der Waals surface area contributed by atoms with Crippen molar-refractivity contribution in [3.63, 3.8) is 0 Å². The molecule has 2 rings (SSSR count). The maximum absolute atomic E-state index is 5.72. The number of rotatable bonds is 5. The molecule has 1 heterocycles. The molecule has 0 saturated heterocycles. The molecule has 0 amide bonds. The molecule has 0 radical (unpaired) electrons. The first kappa shape index (κ1) is 13.7. The Hall–Kier alpha value is -2.70. The minimum absolute atomic E-state index is 0.0742. The van der Waals surface area contributed by atoms with Gasteiger partial charge in [0.2, 0.25) is 11.8 Å². The highest BCUT2D eigenvalue weighted by Gasteiger charge is 2.11. The zero-order valence-electron chi connectivity index (χ0n) is 11.4. The van der Waals surface area contributed by atoms with E-state index in [1.807, 2.05) is 0 Å². The zero-order chi connectivity index (χ0) is 14.5. The molecule has 0 atom stereocenters. The van der Waals surface area contributed by atoms with Crippen molar-refractivity contribution in [2.24, 2.45) is 0 Å². The molecule has 7 heteroatoms. The van der Waals surface area contributed by atoms with Crippen molar-refractivity contribution in [1.82, 2.24) is 9.97 Å². The van der Waals surface area contributed by atoms with Crippen LogP contribution in [0, 0.1) is 0 Å². The normalized spacial score (nSPS) is 9.95. The van der Waals surface area contributed by atoms with Crippen LogP contribution in [0.5, 0.6) is 29.3 Å². The molecule has 0 fully saturated rings. The SMILES string of the molecule is COc1cc(OC)nc(Oc2cc(N)ccc2OC)n1. The number of hydrogen-bond acceptors (Lipinski definition) is 7. The van der Waals surface area contributed by atoms with Gasteiger partial charge in [-0.15, -0.1) is 0 Å². The fourth-order valence-corrected chi connectivity index (χ4v) is 1.51. The van der Waals surface area contributed by atoms with Crippen molar-refractivity contribution < 1.29 is 18.9 Å². The predicted molar refractivity (Wildman–Crippen MR) is 72.6 cm³/mol. The molecule has 0 aliphatic heterocycles. The maximum atomic E-state index is 5.72. The lowest BCUT2D eigenvalue weighted by molar-refractivity contribution is 0.336. The van der Waals surface area contributed by atoms with Gasteiger partial charge < -0.3 is 24.7 Å². The molecule has 0 spiro atoms. The van der Waals surface area contributed by atoms with Gasteiger partial charge in [-0.3, -0.25) is 0 Å². The Balaban J connectivity index is 2.36. The Kier molecular flexibility index (Phi) is 4.09. The summed E-state index contributed by atoms with van der Waals surface area (Å²) in [6.07, 6.45) is 0. The second kappa shape index (κ2) is 5.96. The lowest BCUT2D eigenvalue weighted by atomic mass is 10.3. The van der Waals surface area contributed by atoms with Gasteiger partial charge in [0.15, 0.2) is 11.5 Å². The molecule has 2 aromatic rings. The number of aromatic nitrogens is 2. The van der Waals surface area contributed by atoms with Crippen LogP contribution in [0.2, 0.25) is 0 Å². The van der Waals surface area contributed by atoms with E-state index in [0.717, 1.165) is 0 Å². The average molecular weight is 277 g/mol. The fraction of sp³-hybridized carbons (Fsp3) is 0.231. The first-order valence-corrected chi connectivity index (χ1v) is 5.74. The van der Waals surface area contributed by atoms with E-state index in [0.29, 0.717) is 28.9 Å². The molecule has 2 N–H and O–H groups in total. The third-order valence-electron chi connectivity index (χ3n) is 2.47. The van der Waals surface area contributed by atoms with Crippen molar-refractivity contribution in [2.75, 3.05) is 27.1 Å². The first-order chi connectivity index (χ1) is 9.66. The van der Waals surface area contributed by atoms with E-state index >= 15 is 0 Å². The number of benzene rings is 1. The molecule has 106 valence electrons. The zero-order valence-corrected chi connectivity index (χ0v) is 11.4. The minimum Gasteiger partial charge on any atom is -0.493 e. The van der Waals surface area contributed by atoms with Crippen LogP contribution >= 0.6 is 0 Å². The van der Waals surface area contributed by atoms with Gasteiger partial charge in [0.25, 0.3) is 0 Å². The fourth-order valence-electron chi connectivity index (χ4n) is 1.51. The van der Waals surface area contributed by atoms with E-state index in [9.17, 15) is 0 Å². The monoisotopic (exact) mass is 277 g/mol. The van der Waals surface area contributed by atoms with Gasteiger partial charge in [-0.05, 0) is 12.1 Å². The summed E-state index contributed by atoms with van der Waals surface area (Å²) in [5.74, 6) is 1.58. The highest BCUT2D eigenvalue weighted by Crippen LogP contribution is 2.33. The quantitative estimate of drug-likeness (QED) is 0.834. The van der Waals surface area contributed by atoms with Crippen molar-refractivity contribution in [1.29, 1.82) is 0 Å². The molecule has 7 nitrogen and oxygen atoms in total. The molecule has 0 bridgehead atoms.